The van der Waals surface area contributed by atoms with Crippen molar-refractivity contribution in [3.05, 3.63) is 23.7 Å². The molecule has 1 spiro atoms. The number of furan rings is 1. The molecule has 0 aliphatic carbocycles. The predicted molar refractivity (Wildman–Crippen MR) is 92.3 cm³/mol. The molecule has 1 aromatic heterocycles. The fourth-order valence-corrected chi connectivity index (χ4v) is 3.75. The number of methoxy groups -OCH3 is 1. The number of piperidine rings is 1. The van der Waals surface area contributed by atoms with Gasteiger partial charge in [0.15, 0.2) is 0 Å². The van der Waals surface area contributed by atoms with Gasteiger partial charge in [-0.15, -0.1) is 0 Å². The molecule has 3 heterocycles. The first kappa shape index (κ1) is 18.4. The molecular weight excluding hydrogens is 338 g/mol. The molecule has 8 heteroatoms. The van der Waals surface area contributed by atoms with Crippen LogP contribution in [0.25, 0.3) is 0 Å². The van der Waals surface area contributed by atoms with Gasteiger partial charge in [0.2, 0.25) is 17.6 Å². The van der Waals surface area contributed by atoms with Gasteiger partial charge in [-0.3, -0.25) is 14.5 Å². The van der Waals surface area contributed by atoms with Crippen LogP contribution in [0.15, 0.2) is 16.5 Å². The fourth-order valence-electron chi connectivity index (χ4n) is 3.75. The maximum atomic E-state index is 12.1. The van der Waals surface area contributed by atoms with Gasteiger partial charge >= 0.3 is 5.97 Å². The number of nitrogens with zero attached hydrogens (tertiary/aromatic N) is 2. The Hall–Kier alpha value is -2.35. The lowest BCUT2D eigenvalue weighted by molar-refractivity contribution is -0.127. The third-order valence-electron chi connectivity index (χ3n) is 5.32. The first-order valence-electron chi connectivity index (χ1n) is 8.81. The number of carbonyl (C=O) groups is 3. The highest BCUT2D eigenvalue weighted by Gasteiger charge is 2.43. The van der Waals surface area contributed by atoms with E-state index in [9.17, 15) is 14.4 Å². The van der Waals surface area contributed by atoms with E-state index in [0.717, 1.165) is 32.5 Å². The van der Waals surface area contributed by atoms with Gasteiger partial charge in [-0.1, -0.05) is 0 Å². The van der Waals surface area contributed by atoms with Gasteiger partial charge in [-0.05, 0) is 43.5 Å². The monoisotopic (exact) mass is 363 g/mol. The van der Waals surface area contributed by atoms with Crippen molar-refractivity contribution in [2.24, 2.45) is 5.41 Å². The van der Waals surface area contributed by atoms with E-state index in [0.29, 0.717) is 18.7 Å². The van der Waals surface area contributed by atoms with Gasteiger partial charge in [0, 0.05) is 20.0 Å². The second kappa shape index (κ2) is 7.49. The summed E-state index contributed by atoms with van der Waals surface area (Å²) in [7, 11) is 3.14. The molecular formula is C18H25N3O5. The molecule has 2 aliphatic rings. The van der Waals surface area contributed by atoms with E-state index in [-0.39, 0.29) is 29.5 Å². The number of nitrogens with one attached hydrogen (secondary N) is 1. The Morgan fingerprint density at radius 2 is 2.04 bits per heavy atom. The number of esters is 1. The van der Waals surface area contributed by atoms with Gasteiger partial charge in [0.1, 0.15) is 5.76 Å². The zero-order valence-corrected chi connectivity index (χ0v) is 15.2. The van der Waals surface area contributed by atoms with Crippen LogP contribution in [-0.4, -0.2) is 67.9 Å². The number of hydrogen-bond donors (Lipinski definition) is 1. The van der Waals surface area contributed by atoms with Crippen molar-refractivity contribution in [1.82, 2.24) is 15.1 Å². The Morgan fingerprint density at radius 1 is 1.31 bits per heavy atom. The molecule has 2 saturated heterocycles. The third-order valence-corrected chi connectivity index (χ3v) is 5.32. The number of hydrogen-bond acceptors (Lipinski definition) is 6. The van der Waals surface area contributed by atoms with E-state index in [1.807, 2.05) is 11.9 Å². The van der Waals surface area contributed by atoms with Crippen LogP contribution >= 0.6 is 0 Å². The summed E-state index contributed by atoms with van der Waals surface area (Å²) in [5.41, 5.74) is 0.0945. The van der Waals surface area contributed by atoms with Gasteiger partial charge < -0.3 is 19.4 Å². The van der Waals surface area contributed by atoms with Crippen LogP contribution in [0.2, 0.25) is 0 Å². The van der Waals surface area contributed by atoms with Gasteiger partial charge in [0.25, 0.3) is 0 Å². The molecule has 3 rings (SSSR count). The summed E-state index contributed by atoms with van der Waals surface area (Å²) in [4.78, 5) is 39.2. The molecule has 0 radical (unpaired) electrons. The zero-order chi connectivity index (χ0) is 18.7. The van der Waals surface area contributed by atoms with Crippen LogP contribution in [0.1, 0.15) is 35.6 Å². The summed E-state index contributed by atoms with van der Waals surface area (Å²) in [5, 5.41) is 2.80. The first-order chi connectivity index (χ1) is 12.4. The van der Waals surface area contributed by atoms with E-state index < -0.39 is 5.97 Å². The van der Waals surface area contributed by atoms with E-state index in [2.05, 4.69) is 15.0 Å². The number of rotatable bonds is 5. The van der Waals surface area contributed by atoms with Crippen LogP contribution in [0.4, 0.5) is 0 Å². The second-order valence-corrected chi connectivity index (χ2v) is 7.24. The van der Waals surface area contributed by atoms with Crippen LogP contribution in [0.3, 0.4) is 0 Å². The molecule has 2 aliphatic heterocycles. The van der Waals surface area contributed by atoms with Crippen LogP contribution in [0.5, 0.6) is 0 Å². The number of amides is 2. The largest absolute Gasteiger partial charge is 0.463 e. The van der Waals surface area contributed by atoms with Crippen LogP contribution in [-0.2, 0) is 20.9 Å². The van der Waals surface area contributed by atoms with E-state index in [4.69, 9.17) is 4.42 Å². The van der Waals surface area contributed by atoms with Crippen LogP contribution in [0, 0.1) is 5.41 Å². The average Bonchev–Trinajstić information content (AvgIpc) is 3.20. The maximum Gasteiger partial charge on any atom is 0.373 e. The molecule has 1 N–H and O–H groups in total. The fraction of sp³-hybridized carbons (Fsp3) is 0.611. The van der Waals surface area contributed by atoms with Crippen molar-refractivity contribution in [2.45, 2.75) is 25.8 Å². The normalized spacial score (nSPS) is 19.8. The van der Waals surface area contributed by atoms with E-state index in [1.54, 1.807) is 6.07 Å². The maximum absolute atomic E-state index is 12.1. The SMILES string of the molecule is COC(=O)c1ccc(CNC(=O)CN2CCC3(CC2)CC(=O)N(C)C3)o1. The summed E-state index contributed by atoms with van der Waals surface area (Å²) in [6.07, 6.45) is 2.51. The predicted octanol–water partition coefficient (Wildman–Crippen LogP) is 0.627. The number of carbonyl (C=O) groups excluding carboxylic acids is 3. The Bertz CT molecular complexity index is 691. The highest BCUT2D eigenvalue weighted by Crippen LogP contribution is 2.40. The lowest BCUT2D eigenvalue weighted by Gasteiger charge is -2.38. The number of likely N-dealkylation sites (tertiary alicyclic amines) is 2. The van der Waals surface area contributed by atoms with E-state index >= 15 is 0 Å². The summed E-state index contributed by atoms with van der Waals surface area (Å²) < 4.78 is 9.90. The summed E-state index contributed by atoms with van der Waals surface area (Å²) in [6.45, 7) is 3.02. The van der Waals surface area contributed by atoms with Gasteiger partial charge in [-0.2, -0.15) is 0 Å². The molecule has 26 heavy (non-hydrogen) atoms. The van der Waals surface area contributed by atoms with Crippen molar-refractivity contribution < 1.29 is 23.5 Å². The van der Waals surface area contributed by atoms with Gasteiger partial charge in [0.05, 0.1) is 20.2 Å². The molecule has 8 nitrogen and oxygen atoms in total. The summed E-state index contributed by atoms with van der Waals surface area (Å²) >= 11 is 0. The number of ether oxygens (including phenoxy) is 1. The highest BCUT2D eigenvalue weighted by atomic mass is 16.5. The average molecular weight is 363 g/mol. The van der Waals surface area contributed by atoms with Crippen molar-refractivity contribution >= 4 is 17.8 Å². The molecule has 0 saturated carbocycles. The second-order valence-electron chi connectivity index (χ2n) is 7.24. The molecule has 0 bridgehead atoms. The Labute approximate surface area is 152 Å². The van der Waals surface area contributed by atoms with Gasteiger partial charge in [-0.25, -0.2) is 4.79 Å². The minimum absolute atomic E-state index is 0.0865. The summed E-state index contributed by atoms with van der Waals surface area (Å²) in [5.74, 6) is 0.219. The molecule has 2 fully saturated rings. The third kappa shape index (κ3) is 4.07. The Kier molecular flexibility index (Phi) is 5.31. The van der Waals surface area contributed by atoms with Crippen molar-refractivity contribution in [3.63, 3.8) is 0 Å². The molecule has 0 atom stereocenters. The van der Waals surface area contributed by atoms with Crippen molar-refractivity contribution in [3.8, 4) is 0 Å². The quantitative estimate of drug-likeness (QED) is 0.772. The highest BCUT2D eigenvalue weighted by molar-refractivity contribution is 5.86. The lowest BCUT2D eigenvalue weighted by Crippen LogP contribution is -2.45. The smallest absolute Gasteiger partial charge is 0.373 e. The molecule has 1 aromatic rings. The summed E-state index contributed by atoms with van der Waals surface area (Å²) in [6, 6.07) is 3.17. The molecule has 0 aromatic carbocycles. The lowest BCUT2D eigenvalue weighted by atomic mass is 9.77. The molecule has 2 amide bonds. The van der Waals surface area contributed by atoms with E-state index in [1.165, 1.54) is 13.2 Å². The Balaban J connectivity index is 1.41. The topological polar surface area (TPSA) is 92.1 Å². The van der Waals surface area contributed by atoms with Crippen molar-refractivity contribution in [1.29, 1.82) is 0 Å². The minimum Gasteiger partial charge on any atom is -0.463 e. The first-order valence-corrected chi connectivity index (χ1v) is 8.81. The van der Waals surface area contributed by atoms with Crippen LogP contribution < -0.4 is 5.32 Å². The molecule has 142 valence electrons. The zero-order valence-electron chi connectivity index (χ0n) is 15.2. The standard InChI is InChI=1S/C18H25N3O5/c1-20-12-18(9-16(20)23)5-7-21(8-6-18)11-15(22)19-10-13-3-4-14(26-13)17(24)25-2/h3-4H,5-12H2,1-2H3,(H,19,22). The Morgan fingerprint density at radius 3 is 2.65 bits per heavy atom. The minimum atomic E-state index is -0.541. The molecule has 0 unspecified atom stereocenters. The van der Waals surface area contributed by atoms with Crippen molar-refractivity contribution in [2.75, 3.05) is 40.3 Å².